The van der Waals surface area contributed by atoms with E-state index in [9.17, 15) is 9.59 Å². The largest absolute Gasteiger partial charge is 0.352 e. The second-order valence-corrected chi connectivity index (χ2v) is 7.22. The number of hydrogen-bond acceptors (Lipinski definition) is 3. The number of rotatable bonds is 6. The average molecular weight is 334 g/mol. The minimum atomic E-state index is -0.106. The molecule has 0 radical (unpaired) electrons. The number of nitrogens with zero attached hydrogens (tertiary/aromatic N) is 2. The second-order valence-electron chi connectivity index (χ2n) is 7.22. The summed E-state index contributed by atoms with van der Waals surface area (Å²) in [5.41, 5.74) is 1.48. The van der Waals surface area contributed by atoms with E-state index in [0.717, 1.165) is 38.9 Å². The molecule has 0 bridgehead atoms. The van der Waals surface area contributed by atoms with E-state index in [-0.39, 0.29) is 18.0 Å². The summed E-state index contributed by atoms with van der Waals surface area (Å²) in [7, 11) is 0. The maximum atomic E-state index is 12.2. The van der Waals surface area contributed by atoms with Gasteiger partial charge in [-0.05, 0) is 45.4 Å². The maximum absolute atomic E-state index is 12.2. The van der Waals surface area contributed by atoms with Crippen LogP contribution in [0.2, 0.25) is 0 Å². The lowest BCUT2D eigenvalue weighted by atomic mass is 10.2. The van der Waals surface area contributed by atoms with E-state index in [0.29, 0.717) is 19.1 Å². The Labute approximate surface area is 144 Å². The molecule has 6 heteroatoms. The quantitative estimate of drug-likeness (QED) is 0.723. The summed E-state index contributed by atoms with van der Waals surface area (Å²) in [5.74, 6) is 0.125. The van der Waals surface area contributed by atoms with Crippen LogP contribution in [0, 0.1) is 0 Å². The smallest absolute Gasteiger partial charge is 0.317 e. The van der Waals surface area contributed by atoms with Crippen LogP contribution in [0.3, 0.4) is 0 Å². The van der Waals surface area contributed by atoms with Gasteiger partial charge in [0, 0.05) is 38.8 Å². The first-order valence-electron chi connectivity index (χ1n) is 9.38. The molecule has 1 atom stereocenters. The zero-order valence-corrected chi connectivity index (χ0v) is 14.7. The summed E-state index contributed by atoms with van der Waals surface area (Å²) in [6.45, 7) is 5.59. The van der Waals surface area contributed by atoms with Gasteiger partial charge in [-0.25, -0.2) is 4.79 Å². The van der Waals surface area contributed by atoms with E-state index in [4.69, 9.17) is 0 Å². The topological polar surface area (TPSA) is 64.7 Å². The Bertz CT molecular complexity index is 493. The van der Waals surface area contributed by atoms with E-state index in [1.165, 1.54) is 24.8 Å². The standard InChI is InChI=1S/C18H30N4O2/c1-14(17(23)20-16-6-7-16)21-10-12-22(13-11-21)18(24)19-9-8-15-4-2-3-5-15/h4,14,16H,2-3,5-13H2,1H3,(H,19,24)(H,20,23)/t14-/m1/s1. The molecule has 3 rings (SSSR count). The van der Waals surface area contributed by atoms with Gasteiger partial charge < -0.3 is 15.5 Å². The van der Waals surface area contributed by atoms with Crippen LogP contribution in [-0.2, 0) is 4.79 Å². The van der Waals surface area contributed by atoms with E-state index in [1.807, 2.05) is 11.8 Å². The first-order chi connectivity index (χ1) is 11.6. The molecule has 2 N–H and O–H groups in total. The van der Waals surface area contributed by atoms with Gasteiger partial charge >= 0.3 is 6.03 Å². The van der Waals surface area contributed by atoms with Crippen LogP contribution in [0.5, 0.6) is 0 Å². The van der Waals surface area contributed by atoms with Crippen molar-refractivity contribution in [3.8, 4) is 0 Å². The average Bonchev–Trinajstić information content (AvgIpc) is 3.26. The molecule has 1 saturated carbocycles. The van der Waals surface area contributed by atoms with Gasteiger partial charge in [-0.3, -0.25) is 9.69 Å². The van der Waals surface area contributed by atoms with Crippen molar-refractivity contribution in [1.82, 2.24) is 20.4 Å². The number of carbonyl (C=O) groups is 2. The van der Waals surface area contributed by atoms with Crippen LogP contribution in [0.1, 0.15) is 45.4 Å². The fourth-order valence-corrected chi connectivity index (χ4v) is 3.43. The van der Waals surface area contributed by atoms with Crippen LogP contribution in [-0.4, -0.2) is 66.5 Å². The summed E-state index contributed by atoms with van der Waals surface area (Å²) in [5, 5.41) is 6.09. The van der Waals surface area contributed by atoms with Gasteiger partial charge in [0.1, 0.15) is 0 Å². The molecule has 2 fully saturated rings. The van der Waals surface area contributed by atoms with Gasteiger partial charge in [0.2, 0.25) is 5.91 Å². The number of hydrogen-bond donors (Lipinski definition) is 2. The number of allylic oxidation sites excluding steroid dienone is 1. The monoisotopic (exact) mass is 334 g/mol. The lowest BCUT2D eigenvalue weighted by Crippen LogP contribution is -2.56. The maximum Gasteiger partial charge on any atom is 0.317 e. The Balaban J connectivity index is 1.34. The predicted molar refractivity (Wildman–Crippen MR) is 93.7 cm³/mol. The molecule has 3 amide bonds. The molecule has 1 aliphatic heterocycles. The van der Waals surface area contributed by atoms with Crippen molar-refractivity contribution >= 4 is 11.9 Å². The van der Waals surface area contributed by atoms with Crippen molar-refractivity contribution in [2.24, 2.45) is 0 Å². The van der Waals surface area contributed by atoms with Gasteiger partial charge in [0.15, 0.2) is 0 Å². The summed E-state index contributed by atoms with van der Waals surface area (Å²) < 4.78 is 0. The molecule has 0 aromatic rings. The Morgan fingerprint density at radius 1 is 1.25 bits per heavy atom. The van der Waals surface area contributed by atoms with Crippen molar-refractivity contribution in [1.29, 1.82) is 0 Å². The molecule has 6 nitrogen and oxygen atoms in total. The molecule has 1 heterocycles. The highest BCUT2D eigenvalue weighted by Crippen LogP contribution is 2.20. The van der Waals surface area contributed by atoms with Crippen LogP contribution in [0.4, 0.5) is 4.79 Å². The van der Waals surface area contributed by atoms with Crippen LogP contribution in [0.15, 0.2) is 11.6 Å². The molecular formula is C18H30N4O2. The highest BCUT2D eigenvalue weighted by molar-refractivity contribution is 5.82. The third-order valence-corrected chi connectivity index (χ3v) is 5.31. The normalized spacial score (nSPS) is 22.9. The molecular weight excluding hydrogens is 304 g/mol. The number of nitrogens with one attached hydrogen (secondary N) is 2. The van der Waals surface area contributed by atoms with Gasteiger partial charge in [-0.2, -0.15) is 0 Å². The van der Waals surface area contributed by atoms with E-state index in [1.54, 1.807) is 0 Å². The Morgan fingerprint density at radius 2 is 2.00 bits per heavy atom. The zero-order chi connectivity index (χ0) is 16.9. The highest BCUT2D eigenvalue weighted by Gasteiger charge is 2.30. The predicted octanol–water partition coefficient (Wildman–Crippen LogP) is 1.48. The summed E-state index contributed by atoms with van der Waals surface area (Å²) >= 11 is 0. The van der Waals surface area contributed by atoms with Crippen molar-refractivity contribution in [3.05, 3.63) is 11.6 Å². The number of piperazine rings is 1. The second kappa shape index (κ2) is 8.01. The van der Waals surface area contributed by atoms with E-state index in [2.05, 4.69) is 21.6 Å². The van der Waals surface area contributed by atoms with E-state index < -0.39 is 0 Å². The lowest BCUT2D eigenvalue weighted by Gasteiger charge is -2.37. The zero-order valence-electron chi connectivity index (χ0n) is 14.7. The minimum absolute atomic E-state index is 0.0309. The van der Waals surface area contributed by atoms with Crippen molar-refractivity contribution in [2.45, 2.75) is 57.5 Å². The van der Waals surface area contributed by atoms with Crippen molar-refractivity contribution in [3.63, 3.8) is 0 Å². The molecule has 0 aromatic carbocycles. The molecule has 0 unspecified atom stereocenters. The van der Waals surface area contributed by atoms with Crippen LogP contribution in [0.25, 0.3) is 0 Å². The molecule has 134 valence electrons. The Morgan fingerprint density at radius 3 is 2.62 bits per heavy atom. The first-order valence-corrected chi connectivity index (χ1v) is 9.38. The van der Waals surface area contributed by atoms with Gasteiger partial charge in [-0.15, -0.1) is 0 Å². The third-order valence-electron chi connectivity index (χ3n) is 5.31. The third kappa shape index (κ3) is 4.72. The van der Waals surface area contributed by atoms with Gasteiger partial charge in [-0.1, -0.05) is 11.6 Å². The van der Waals surface area contributed by atoms with Gasteiger partial charge in [0.25, 0.3) is 0 Å². The van der Waals surface area contributed by atoms with Crippen molar-refractivity contribution in [2.75, 3.05) is 32.7 Å². The lowest BCUT2D eigenvalue weighted by molar-refractivity contribution is -0.126. The highest BCUT2D eigenvalue weighted by atomic mass is 16.2. The Kier molecular flexibility index (Phi) is 5.76. The SMILES string of the molecule is C[C@H](C(=O)NC1CC1)N1CCN(C(=O)NCCC2=CCCC2)CC1. The number of carbonyl (C=O) groups excluding carboxylic acids is 2. The van der Waals surface area contributed by atoms with Crippen LogP contribution < -0.4 is 10.6 Å². The first kappa shape index (κ1) is 17.3. The van der Waals surface area contributed by atoms with Crippen LogP contribution >= 0.6 is 0 Å². The molecule has 3 aliphatic rings. The Hall–Kier alpha value is -1.56. The summed E-state index contributed by atoms with van der Waals surface area (Å²) in [6.07, 6.45) is 9.15. The summed E-state index contributed by atoms with van der Waals surface area (Å²) in [6, 6.07) is 0.329. The fourth-order valence-electron chi connectivity index (χ4n) is 3.43. The fraction of sp³-hybridized carbons (Fsp3) is 0.778. The van der Waals surface area contributed by atoms with E-state index >= 15 is 0 Å². The minimum Gasteiger partial charge on any atom is -0.352 e. The molecule has 1 saturated heterocycles. The van der Waals surface area contributed by atoms with Gasteiger partial charge in [0.05, 0.1) is 6.04 Å². The van der Waals surface area contributed by atoms with Crippen molar-refractivity contribution < 1.29 is 9.59 Å². The molecule has 0 spiro atoms. The number of amides is 3. The molecule has 24 heavy (non-hydrogen) atoms. The number of urea groups is 1. The summed E-state index contributed by atoms with van der Waals surface area (Å²) in [4.78, 5) is 28.4. The molecule has 0 aromatic heterocycles. The molecule has 2 aliphatic carbocycles.